The van der Waals surface area contributed by atoms with Crippen molar-refractivity contribution in [3.05, 3.63) is 84.5 Å². The van der Waals surface area contributed by atoms with Crippen molar-refractivity contribution in [3.8, 4) is 0 Å². The fourth-order valence-electron chi connectivity index (χ4n) is 7.68. The van der Waals surface area contributed by atoms with Gasteiger partial charge in [0.15, 0.2) is 0 Å². The van der Waals surface area contributed by atoms with E-state index in [2.05, 4.69) is 15.6 Å². The van der Waals surface area contributed by atoms with Crippen LogP contribution in [0, 0.1) is 17.8 Å². The molecule has 4 aliphatic rings. The lowest BCUT2D eigenvalue weighted by molar-refractivity contribution is -0.152. The van der Waals surface area contributed by atoms with E-state index in [0.717, 1.165) is 11.1 Å². The first-order chi connectivity index (χ1) is 23.7. The molecular weight excluding hydrogens is 628 g/mol. The number of aliphatic hydroxyl groups excluding tert-OH is 1. The number of allylic oxidation sites excluding steroid dienone is 1. The summed E-state index contributed by atoms with van der Waals surface area (Å²) < 4.78 is 13.8. The third-order valence-electron chi connectivity index (χ3n) is 10.1. The number of likely N-dealkylation sites (tertiary alicyclic amines) is 1. The lowest BCUT2D eigenvalue weighted by Gasteiger charge is -2.39. The maximum absolute atomic E-state index is 15.0. The number of hydrogen-bond donors (Lipinski definition) is 2. The molecule has 2 N–H and O–H groups in total. The number of ether oxygens (including phenoxy) is 2. The van der Waals surface area contributed by atoms with Crippen LogP contribution in [0.1, 0.15) is 38.3 Å². The minimum atomic E-state index is -1.45. The van der Waals surface area contributed by atoms with E-state index in [9.17, 15) is 19.5 Å². The topological polar surface area (TPSA) is 156 Å². The Bertz CT molecular complexity index is 1810. The van der Waals surface area contributed by atoms with Gasteiger partial charge in [0.25, 0.3) is 5.91 Å². The van der Waals surface area contributed by atoms with Crippen molar-refractivity contribution >= 4 is 34.7 Å². The summed E-state index contributed by atoms with van der Waals surface area (Å²) in [6, 6.07) is 14.0. The van der Waals surface area contributed by atoms with E-state index in [0.29, 0.717) is 11.9 Å². The molecule has 4 aliphatic heterocycles. The SMILES string of the molecule is CC(C)[C@H](CO)N1C(=O)[C@@H]2[C@H]3C(=O)N[C@@H](c4ccccc4)COC(=O)CC/C=C\CN(Cn4nnc5ccccc54)C(=O)[C@@H]1[C@]21C=C[C@H]3O1. The number of esters is 1. The van der Waals surface area contributed by atoms with Gasteiger partial charge < -0.3 is 29.7 Å². The molecule has 7 atom stereocenters. The summed E-state index contributed by atoms with van der Waals surface area (Å²) in [5.41, 5.74) is 0.672. The molecule has 13 nitrogen and oxygen atoms in total. The van der Waals surface area contributed by atoms with E-state index in [4.69, 9.17) is 9.47 Å². The predicted octanol–water partition coefficient (Wildman–Crippen LogP) is 2.14. The highest BCUT2D eigenvalue weighted by Gasteiger charge is 2.74. The molecule has 3 aromatic rings. The molecule has 7 rings (SSSR count). The average Bonchev–Trinajstić information content (AvgIpc) is 3.85. The molecule has 49 heavy (non-hydrogen) atoms. The summed E-state index contributed by atoms with van der Waals surface area (Å²) in [7, 11) is 0. The number of benzene rings is 2. The van der Waals surface area contributed by atoms with Crippen LogP contribution in [-0.4, -0.2) is 97.1 Å². The van der Waals surface area contributed by atoms with Crippen LogP contribution in [0.15, 0.2) is 78.9 Å². The Morgan fingerprint density at radius 1 is 1.02 bits per heavy atom. The van der Waals surface area contributed by atoms with Crippen LogP contribution >= 0.6 is 0 Å². The second kappa shape index (κ2) is 13.2. The molecule has 2 fully saturated rings. The summed E-state index contributed by atoms with van der Waals surface area (Å²) in [6.45, 7) is 3.42. The number of aromatic nitrogens is 3. The number of cyclic esters (lactones) is 1. The Kier molecular flexibility index (Phi) is 8.80. The quantitative estimate of drug-likeness (QED) is 0.297. The molecule has 2 aromatic carbocycles. The van der Waals surface area contributed by atoms with Gasteiger partial charge in [-0.25, -0.2) is 4.68 Å². The molecule has 5 heterocycles. The van der Waals surface area contributed by atoms with Crippen molar-refractivity contribution in [1.82, 2.24) is 30.1 Å². The third kappa shape index (κ3) is 5.70. The van der Waals surface area contributed by atoms with Crippen molar-refractivity contribution in [1.29, 1.82) is 0 Å². The van der Waals surface area contributed by atoms with Gasteiger partial charge in [-0.15, -0.1) is 5.10 Å². The first kappa shape index (κ1) is 32.7. The molecule has 1 spiro atoms. The smallest absolute Gasteiger partial charge is 0.306 e. The van der Waals surface area contributed by atoms with Gasteiger partial charge in [0.2, 0.25) is 11.8 Å². The maximum Gasteiger partial charge on any atom is 0.306 e. The number of aliphatic hydroxyl groups is 1. The lowest BCUT2D eigenvalue weighted by atomic mass is 9.74. The maximum atomic E-state index is 15.0. The first-order valence-corrected chi connectivity index (χ1v) is 16.8. The molecule has 5 bridgehead atoms. The highest BCUT2D eigenvalue weighted by Crippen LogP contribution is 2.56. The zero-order chi connectivity index (χ0) is 34.3. The summed E-state index contributed by atoms with van der Waals surface area (Å²) in [5, 5.41) is 22.2. The molecule has 0 aliphatic carbocycles. The minimum Gasteiger partial charge on any atom is -0.463 e. The lowest BCUT2D eigenvalue weighted by Crippen LogP contribution is -2.59. The van der Waals surface area contributed by atoms with Crippen molar-refractivity contribution in [2.45, 2.75) is 63.2 Å². The van der Waals surface area contributed by atoms with Crippen LogP contribution in [0.25, 0.3) is 11.0 Å². The Morgan fingerprint density at radius 3 is 2.57 bits per heavy atom. The van der Waals surface area contributed by atoms with E-state index < -0.39 is 65.4 Å². The largest absolute Gasteiger partial charge is 0.463 e. The van der Waals surface area contributed by atoms with E-state index in [1.807, 2.05) is 74.5 Å². The van der Waals surface area contributed by atoms with Crippen LogP contribution < -0.4 is 5.32 Å². The van der Waals surface area contributed by atoms with Gasteiger partial charge in [0.05, 0.1) is 42.1 Å². The number of carbonyl (C=O) groups excluding carboxylic acids is 4. The fourth-order valence-corrected chi connectivity index (χ4v) is 7.68. The Hall–Kier alpha value is -4.88. The van der Waals surface area contributed by atoms with E-state index in [1.54, 1.807) is 27.8 Å². The summed E-state index contributed by atoms with van der Waals surface area (Å²) in [4.78, 5) is 59.7. The zero-order valence-electron chi connectivity index (χ0n) is 27.4. The molecule has 13 heteroatoms. The molecule has 0 radical (unpaired) electrons. The number of fused-ring (bicyclic) bond motifs is 3. The first-order valence-electron chi connectivity index (χ1n) is 16.8. The minimum absolute atomic E-state index is 0.00624. The van der Waals surface area contributed by atoms with Gasteiger partial charge in [0, 0.05) is 13.0 Å². The van der Waals surface area contributed by atoms with Gasteiger partial charge in [-0.2, -0.15) is 0 Å². The molecule has 3 amide bonds. The fraction of sp³-hybridized carbons (Fsp3) is 0.444. The third-order valence-corrected chi connectivity index (χ3v) is 10.1. The second-order valence-corrected chi connectivity index (χ2v) is 13.4. The Balaban J connectivity index is 1.31. The van der Waals surface area contributed by atoms with Gasteiger partial charge in [0.1, 0.15) is 30.4 Å². The molecule has 0 saturated carbocycles. The Labute approximate surface area is 283 Å². The highest BCUT2D eigenvalue weighted by atomic mass is 16.5. The van der Waals surface area contributed by atoms with Crippen LogP contribution in [0.4, 0.5) is 0 Å². The standard InChI is InChI=1S/C36H40N6O7/c1-22(2)27(19-43)42-32-35(47)40(21-41-26-14-9-8-13-24(26)38-39-41)18-10-4-7-15-29(44)48-20-25(23-11-5-3-6-12-23)37-33(45)30-28-16-17-36(32,49-28)31(30)34(42)46/h3-6,8-14,16-17,22,25,27-28,30-32,43H,7,15,18-21H2,1-2H3,(H,37,45)/b10-4-/t25-,27+,28-,30+,31+,32-,36+/m1/s1. The monoisotopic (exact) mass is 668 g/mol. The number of nitrogens with one attached hydrogen (secondary N) is 1. The summed E-state index contributed by atoms with van der Waals surface area (Å²) in [5.74, 6) is -3.92. The van der Waals surface area contributed by atoms with Gasteiger partial charge in [-0.1, -0.05) is 85.8 Å². The predicted molar refractivity (Wildman–Crippen MR) is 176 cm³/mol. The molecule has 256 valence electrons. The van der Waals surface area contributed by atoms with Gasteiger partial charge in [-0.05, 0) is 30.0 Å². The van der Waals surface area contributed by atoms with Crippen molar-refractivity contribution in [2.75, 3.05) is 19.8 Å². The van der Waals surface area contributed by atoms with Gasteiger partial charge in [-0.3, -0.25) is 19.2 Å². The van der Waals surface area contributed by atoms with Crippen LogP contribution in [-0.2, 0) is 35.3 Å². The average molecular weight is 669 g/mol. The van der Waals surface area contributed by atoms with Crippen LogP contribution in [0.2, 0.25) is 0 Å². The highest BCUT2D eigenvalue weighted by molar-refractivity contribution is 6.00. The molecule has 1 aromatic heterocycles. The van der Waals surface area contributed by atoms with Gasteiger partial charge >= 0.3 is 5.97 Å². The zero-order valence-corrected chi connectivity index (χ0v) is 27.4. The van der Waals surface area contributed by atoms with E-state index in [-0.39, 0.29) is 38.8 Å². The number of rotatable bonds is 6. The number of nitrogens with zero attached hydrogens (tertiary/aromatic N) is 5. The molecular formula is C36H40N6O7. The number of hydrogen-bond acceptors (Lipinski definition) is 9. The van der Waals surface area contributed by atoms with Crippen LogP contribution in [0.5, 0.6) is 0 Å². The van der Waals surface area contributed by atoms with Crippen LogP contribution in [0.3, 0.4) is 0 Å². The second-order valence-electron chi connectivity index (χ2n) is 13.4. The summed E-state index contributed by atoms with van der Waals surface area (Å²) in [6.07, 6.45) is 6.83. The molecule has 0 unspecified atom stereocenters. The molecule has 2 saturated heterocycles. The van der Waals surface area contributed by atoms with Crippen molar-refractivity contribution in [2.24, 2.45) is 17.8 Å². The Morgan fingerprint density at radius 2 is 1.80 bits per heavy atom. The number of para-hydroxylation sites is 1. The number of amides is 3. The van der Waals surface area contributed by atoms with E-state index in [1.165, 1.54) is 4.90 Å². The van der Waals surface area contributed by atoms with Crippen molar-refractivity contribution in [3.63, 3.8) is 0 Å². The normalized spacial score (nSPS) is 30.2. The number of carbonyl (C=O) groups is 4. The van der Waals surface area contributed by atoms with Crippen molar-refractivity contribution < 1.29 is 33.8 Å². The summed E-state index contributed by atoms with van der Waals surface area (Å²) >= 11 is 0. The van der Waals surface area contributed by atoms with E-state index >= 15 is 4.79 Å².